The van der Waals surface area contributed by atoms with Crippen molar-refractivity contribution < 1.29 is 0 Å². The molecule has 1 aliphatic heterocycles. The van der Waals surface area contributed by atoms with Crippen LogP contribution in [0.2, 0.25) is 0 Å². The van der Waals surface area contributed by atoms with E-state index in [0.29, 0.717) is 5.92 Å². The number of aryl methyl sites for hydroxylation is 1. The average Bonchev–Trinajstić information content (AvgIpc) is 3.26. The lowest BCUT2D eigenvalue weighted by Gasteiger charge is -2.07. The summed E-state index contributed by atoms with van der Waals surface area (Å²) >= 11 is 1.46. The van der Waals surface area contributed by atoms with Crippen LogP contribution in [0.4, 0.5) is 0 Å². The third-order valence-electron chi connectivity index (χ3n) is 4.28. The van der Waals surface area contributed by atoms with E-state index in [1.807, 2.05) is 12.4 Å². The van der Waals surface area contributed by atoms with Gasteiger partial charge in [0.1, 0.15) is 5.69 Å². The van der Waals surface area contributed by atoms with Gasteiger partial charge in [0, 0.05) is 25.5 Å². The molecule has 0 saturated carbocycles. The monoisotopic (exact) mass is 343 g/mol. The Balaban J connectivity index is 1.64. The molecule has 0 atom stereocenters. The molecule has 0 radical (unpaired) electrons. The minimum Gasteiger partial charge on any atom is -0.324 e. The summed E-state index contributed by atoms with van der Waals surface area (Å²) in [7, 11) is 0. The van der Waals surface area contributed by atoms with E-state index in [-0.39, 0.29) is 0 Å². The van der Waals surface area contributed by atoms with E-state index >= 15 is 0 Å². The van der Waals surface area contributed by atoms with Gasteiger partial charge in [-0.05, 0) is 36.5 Å². The van der Waals surface area contributed by atoms with Gasteiger partial charge in [-0.2, -0.15) is 5.10 Å². The van der Waals surface area contributed by atoms with Gasteiger partial charge in [-0.25, -0.2) is 4.98 Å². The Morgan fingerprint density at radius 2 is 2.29 bits per heavy atom. The topological polar surface area (TPSA) is 73.5 Å². The molecule has 0 amide bonds. The molecule has 3 aromatic heterocycles. The SMILES string of the molecule is CC(C)c1nnsc1Cn1ccnc1-c1cc2n(n1)CCCNC2. The van der Waals surface area contributed by atoms with Crippen LogP contribution < -0.4 is 5.32 Å². The van der Waals surface area contributed by atoms with Crippen LogP contribution in [0.5, 0.6) is 0 Å². The van der Waals surface area contributed by atoms with Crippen LogP contribution in [0.25, 0.3) is 11.5 Å². The number of fused-ring (bicyclic) bond motifs is 1. The molecule has 0 aromatic carbocycles. The molecular weight excluding hydrogens is 322 g/mol. The standard InChI is InChI=1S/C16H21N7S/c1-11(2)15-14(24-21-19-15)10-22-7-5-18-16(22)13-8-12-9-17-4-3-6-23(12)20-13/h5,7-8,11,17H,3-4,6,9-10H2,1-2H3. The fourth-order valence-corrected chi connectivity index (χ4v) is 3.85. The van der Waals surface area contributed by atoms with Crippen LogP contribution in [-0.2, 0) is 19.6 Å². The number of aromatic nitrogens is 6. The maximum atomic E-state index is 4.77. The Morgan fingerprint density at radius 1 is 1.38 bits per heavy atom. The summed E-state index contributed by atoms with van der Waals surface area (Å²) in [5, 5.41) is 12.5. The van der Waals surface area contributed by atoms with Crippen LogP contribution in [-0.4, -0.2) is 35.5 Å². The largest absolute Gasteiger partial charge is 0.324 e. The second kappa shape index (κ2) is 6.45. The second-order valence-electron chi connectivity index (χ2n) is 6.39. The summed E-state index contributed by atoms with van der Waals surface area (Å²) in [6, 6.07) is 2.14. The van der Waals surface area contributed by atoms with E-state index in [2.05, 4.69) is 49.1 Å². The van der Waals surface area contributed by atoms with Crippen molar-refractivity contribution in [2.75, 3.05) is 6.54 Å². The number of hydrogen-bond acceptors (Lipinski definition) is 6. The van der Waals surface area contributed by atoms with Crippen LogP contribution in [0.15, 0.2) is 18.5 Å². The fourth-order valence-electron chi connectivity index (χ4n) is 3.06. The van der Waals surface area contributed by atoms with Crippen molar-refractivity contribution in [2.24, 2.45) is 0 Å². The fraction of sp³-hybridized carbons (Fsp3) is 0.500. The molecule has 0 aliphatic carbocycles. The summed E-state index contributed by atoms with van der Waals surface area (Å²) in [4.78, 5) is 5.73. The molecule has 1 N–H and O–H groups in total. The highest BCUT2D eigenvalue weighted by Gasteiger charge is 2.18. The third kappa shape index (κ3) is 2.87. The molecule has 0 spiro atoms. The van der Waals surface area contributed by atoms with Crippen molar-refractivity contribution in [1.82, 2.24) is 34.2 Å². The van der Waals surface area contributed by atoms with Crippen LogP contribution >= 0.6 is 11.5 Å². The highest BCUT2D eigenvalue weighted by Crippen LogP contribution is 2.24. The molecule has 7 nitrogen and oxygen atoms in total. The quantitative estimate of drug-likeness (QED) is 0.787. The minimum atomic E-state index is 0.375. The van der Waals surface area contributed by atoms with Gasteiger partial charge in [0.25, 0.3) is 0 Å². The smallest absolute Gasteiger partial charge is 0.160 e. The minimum absolute atomic E-state index is 0.375. The number of imidazole rings is 1. The molecule has 1 aliphatic rings. The summed E-state index contributed by atoms with van der Waals surface area (Å²) in [5.41, 5.74) is 3.23. The van der Waals surface area contributed by atoms with Crippen LogP contribution in [0.1, 0.15) is 42.5 Å². The van der Waals surface area contributed by atoms with Gasteiger partial charge in [0.05, 0.1) is 22.8 Å². The molecule has 24 heavy (non-hydrogen) atoms. The molecule has 4 rings (SSSR count). The molecule has 0 saturated heterocycles. The first-order valence-corrected chi connectivity index (χ1v) is 9.10. The van der Waals surface area contributed by atoms with E-state index in [4.69, 9.17) is 5.10 Å². The van der Waals surface area contributed by atoms with E-state index in [9.17, 15) is 0 Å². The summed E-state index contributed by atoms with van der Waals surface area (Å²) in [6.45, 7) is 7.90. The molecule has 4 heterocycles. The number of nitrogens with zero attached hydrogens (tertiary/aromatic N) is 6. The maximum Gasteiger partial charge on any atom is 0.160 e. The van der Waals surface area contributed by atoms with Gasteiger partial charge < -0.3 is 9.88 Å². The summed E-state index contributed by atoms with van der Waals surface area (Å²) < 4.78 is 8.35. The lowest BCUT2D eigenvalue weighted by atomic mass is 10.1. The van der Waals surface area contributed by atoms with Crippen molar-refractivity contribution in [3.05, 3.63) is 34.7 Å². The molecule has 8 heteroatoms. The Kier molecular flexibility index (Phi) is 4.15. The van der Waals surface area contributed by atoms with Crippen molar-refractivity contribution in [3.8, 4) is 11.5 Å². The third-order valence-corrected chi connectivity index (χ3v) is 5.01. The molecule has 0 bridgehead atoms. The van der Waals surface area contributed by atoms with E-state index in [1.165, 1.54) is 22.1 Å². The zero-order valence-corrected chi connectivity index (χ0v) is 14.8. The molecule has 0 unspecified atom stereocenters. The van der Waals surface area contributed by atoms with E-state index < -0.39 is 0 Å². The molecular formula is C16H21N7S. The van der Waals surface area contributed by atoms with Gasteiger partial charge in [-0.1, -0.05) is 18.3 Å². The number of hydrogen-bond donors (Lipinski definition) is 1. The summed E-state index contributed by atoms with van der Waals surface area (Å²) in [6.07, 6.45) is 4.94. The Morgan fingerprint density at radius 3 is 3.17 bits per heavy atom. The van der Waals surface area contributed by atoms with Crippen molar-refractivity contribution in [3.63, 3.8) is 0 Å². The molecule has 126 valence electrons. The zero-order chi connectivity index (χ0) is 16.5. The first kappa shape index (κ1) is 15.5. The lowest BCUT2D eigenvalue weighted by Crippen LogP contribution is -2.11. The molecule has 3 aromatic rings. The van der Waals surface area contributed by atoms with Crippen molar-refractivity contribution in [1.29, 1.82) is 0 Å². The maximum absolute atomic E-state index is 4.77. The average molecular weight is 343 g/mol. The van der Waals surface area contributed by atoms with Gasteiger partial charge in [-0.3, -0.25) is 4.68 Å². The lowest BCUT2D eigenvalue weighted by molar-refractivity contribution is 0.588. The van der Waals surface area contributed by atoms with Crippen LogP contribution in [0.3, 0.4) is 0 Å². The molecule has 0 fully saturated rings. The number of nitrogens with one attached hydrogen (secondary N) is 1. The number of rotatable bonds is 4. The van der Waals surface area contributed by atoms with Gasteiger partial charge in [0.15, 0.2) is 5.82 Å². The summed E-state index contributed by atoms with van der Waals surface area (Å²) in [5.74, 6) is 1.28. The van der Waals surface area contributed by atoms with Gasteiger partial charge >= 0.3 is 0 Å². The zero-order valence-electron chi connectivity index (χ0n) is 13.9. The van der Waals surface area contributed by atoms with E-state index in [1.54, 1.807) is 0 Å². The highest BCUT2D eigenvalue weighted by molar-refractivity contribution is 7.05. The van der Waals surface area contributed by atoms with Gasteiger partial charge in [0.2, 0.25) is 0 Å². The van der Waals surface area contributed by atoms with Gasteiger partial charge in [-0.15, -0.1) is 5.10 Å². The first-order valence-electron chi connectivity index (χ1n) is 8.32. The first-order chi connectivity index (χ1) is 11.7. The highest BCUT2D eigenvalue weighted by atomic mass is 32.1. The van der Waals surface area contributed by atoms with Crippen LogP contribution in [0, 0.1) is 0 Å². The second-order valence-corrected chi connectivity index (χ2v) is 7.23. The van der Waals surface area contributed by atoms with Crippen molar-refractivity contribution >= 4 is 11.5 Å². The van der Waals surface area contributed by atoms with E-state index in [0.717, 1.165) is 49.8 Å². The predicted octanol–water partition coefficient (Wildman–Crippen LogP) is 2.26. The normalized spacial score (nSPS) is 14.8. The predicted molar refractivity (Wildman–Crippen MR) is 92.9 cm³/mol. The van der Waals surface area contributed by atoms with Crippen molar-refractivity contribution in [2.45, 2.75) is 45.8 Å². The Hall–Kier alpha value is -2.06. The Bertz CT molecular complexity index is 806. The Labute approximate surface area is 144 Å².